The molecule has 0 fully saturated rings. The van der Waals surface area contributed by atoms with Crippen molar-refractivity contribution in [2.75, 3.05) is 14.2 Å². The fourth-order valence-electron chi connectivity index (χ4n) is 2.25. The number of methoxy groups -OCH3 is 2. The van der Waals surface area contributed by atoms with Gasteiger partial charge in [0.15, 0.2) is 5.58 Å². The van der Waals surface area contributed by atoms with Crippen molar-refractivity contribution in [1.82, 2.24) is 4.98 Å². The summed E-state index contributed by atoms with van der Waals surface area (Å²) in [4.78, 5) is 16.0. The molecule has 5 heteroatoms. The molecule has 1 heterocycles. The van der Waals surface area contributed by atoms with Gasteiger partial charge in [0.05, 0.1) is 19.3 Å². The minimum absolute atomic E-state index is 0.401. The summed E-state index contributed by atoms with van der Waals surface area (Å²) in [5.74, 6) is 0.108. The Morgan fingerprint density at radius 2 is 2.05 bits per heavy atom. The van der Waals surface area contributed by atoms with E-state index >= 15 is 0 Å². The summed E-state index contributed by atoms with van der Waals surface area (Å²) in [5, 5.41) is 0. The van der Waals surface area contributed by atoms with Crippen molar-refractivity contribution < 1.29 is 18.7 Å². The lowest BCUT2D eigenvalue weighted by atomic mass is 10.1. The molecule has 0 N–H and O–H groups in total. The van der Waals surface area contributed by atoms with E-state index in [2.05, 4.69) is 4.98 Å². The summed E-state index contributed by atoms with van der Waals surface area (Å²) in [6.07, 6.45) is 0. The van der Waals surface area contributed by atoms with E-state index in [1.54, 1.807) is 25.3 Å². The van der Waals surface area contributed by atoms with E-state index in [1.165, 1.54) is 7.11 Å². The van der Waals surface area contributed by atoms with Gasteiger partial charge in [0, 0.05) is 12.7 Å². The number of esters is 1. The highest BCUT2D eigenvalue weighted by molar-refractivity contribution is 5.93. The maximum atomic E-state index is 11.6. The van der Waals surface area contributed by atoms with Gasteiger partial charge in [-0.25, -0.2) is 9.78 Å². The number of carbonyl (C=O) groups excluding carboxylic acids is 1. The third-order valence-electron chi connectivity index (χ3n) is 3.29. The van der Waals surface area contributed by atoms with Crippen LogP contribution < -0.4 is 0 Å². The van der Waals surface area contributed by atoms with Crippen LogP contribution in [0.5, 0.6) is 0 Å². The molecule has 3 aromatic rings. The lowest BCUT2D eigenvalue weighted by Crippen LogP contribution is -2.00. The molecule has 0 bridgehead atoms. The first kappa shape index (κ1) is 14.3. The van der Waals surface area contributed by atoms with Crippen molar-refractivity contribution >= 4 is 17.1 Å². The molecule has 5 nitrogen and oxygen atoms in total. The van der Waals surface area contributed by atoms with E-state index < -0.39 is 5.97 Å². The fourth-order valence-corrected chi connectivity index (χ4v) is 2.25. The van der Waals surface area contributed by atoms with Crippen molar-refractivity contribution in [2.24, 2.45) is 0 Å². The Hall–Kier alpha value is -2.66. The molecule has 22 heavy (non-hydrogen) atoms. The molecule has 0 amide bonds. The third-order valence-corrected chi connectivity index (χ3v) is 3.29. The van der Waals surface area contributed by atoms with Crippen molar-refractivity contribution in [1.29, 1.82) is 0 Å². The van der Waals surface area contributed by atoms with Gasteiger partial charge in [0.2, 0.25) is 5.89 Å². The summed E-state index contributed by atoms with van der Waals surface area (Å²) in [5.41, 5.74) is 3.59. The average Bonchev–Trinajstić information content (AvgIpc) is 2.98. The number of rotatable bonds is 4. The van der Waals surface area contributed by atoms with Crippen LogP contribution in [-0.2, 0) is 16.1 Å². The quantitative estimate of drug-likeness (QED) is 0.690. The Bertz CT molecular complexity index is 822. The number of fused-ring (bicyclic) bond motifs is 1. The predicted octanol–water partition coefficient (Wildman–Crippen LogP) is 3.43. The summed E-state index contributed by atoms with van der Waals surface area (Å²) in [6.45, 7) is 0.528. The number of hydrogen-bond acceptors (Lipinski definition) is 5. The van der Waals surface area contributed by atoms with Gasteiger partial charge in [-0.3, -0.25) is 0 Å². The Morgan fingerprint density at radius 1 is 1.18 bits per heavy atom. The standard InChI is InChI=1S/C17H15NO4/c1-20-10-11-4-3-5-12(8-11)16-18-14-7-6-13(17(19)21-2)9-15(14)22-16/h3-9H,10H2,1-2H3. The predicted molar refractivity (Wildman–Crippen MR) is 81.5 cm³/mol. The zero-order valence-electron chi connectivity index (χ0n) is 12.3. The molecule has 0 aliphatic carbocycles. The SMILES string of the molecule is COCc1cccc(-c2nc3ccc(C(=O)OC)cc3o2)c1. The molecule has 0 saturated carbocycles. The molecule has 2 aromatic carbocycles. The van der Waals surface area contributed by atoms with E-state index in [-0.39, 0.29) is 0 Å². The summed E-state index contributed by atoms with van der Waals surface area (Å²) in [7, 11) is 3.00. The van der Waals surface area contributed by atoms with Crippen LogP contribution in [0.25, 0.3) is 22.6 Å². The second kappa shape index (κ2) is 5.99. The highest BCUT2D eigenvalue weighted by Gasteiger charge is 2.12. The van der Waals surface area contributed by atoms with Crippen molar-refractivity contribution in [2.45, 2.75) is 6.61 Å². The largest absolute Gasteiger partial charge is 0.465 e. The van der Waals surface area contributed by atoms with E-state index in [4.69, 9.17) is 13.9 Å². The molecule has 0 radical (unpaired) electrons. The molecule has 0 unspecified atom stereocenters. The highest BCUT2D eigenvalue weighted by Crippen LogP contribution is 2.26. The molecular formula is C17H15NO4. The van der Waals surface area contributed by atoms with Crippen LogP contribution >= 0.6 is 0 Å². The molecule has 0 aliphatic heterocycles. The van der Waals surface area contributed by atoms with Crippen molar-refractivity contribution in [3.63, 3.8) is 0 Å². The Labute approximate surface area is 127 Å². The van der Waals surface area contributed by atoms with Gasteiger partial charge in [-0.15, -0.1) is 0 Å². The smallest absolute Gasteiger partial charge is 0.337 e. The van der Waals surface area contributed by atoms with Gasteiger partial charge in [0.25, 0.3) is 0 Å². The lowest BCUT2D eigenvalue weighted by molar-refractivity contribution is 0.0601. The average molecular weight is 297 g/mol. The first-order chi connectivity index (χ1) is 10.7. The summed E-state index contributed by atoms with van der Waals surface area (Å²) in [6, 6.07) is 12.8. The van der Waals surface area contributed by atoms with Crippen molar-refractivity contribution in [3.05, 3.63) is 53.6 Å². The topological polar surface area (TPSA) is 61.6 Å². The number of oxazole rings is 1. The van der Waals surface area contributed by atoms with Crippen LogP contribution in [0.3, 0.4) is 0 Å². The fraction of sp³-hybridized carbons (Fsp3) is 0.176. The molecule has 0 atom stereocenters. The summed E-state index contributed by atoms with van der Waals surface area (Å²) >= 11 is 0. The van der Waals surface area contributed by atoms with Crippen LogP contribution in [0.4, 0.5) is 0 Å². The Balaban J connectivity index is 2.01. The van der Waals surface area contributed by atoms with Crippen LogP contribution in [-0.4, -0.2) is 25.2 Å². The molecule has 0 spiro atoms. The maximum Gasteiger partial charge on any atom is 0.337 e. The number of aromatic nitrogens is 1. The van der Waals surface area contributed by atoms with Gasteiger partial charge in [-0.2, -0.15) is 0 Å². The van der Waals surface area contributed by atoms with E-state index in [1.807, 2.05) is 24.3 Å². The van der Waals surface area contributed by atoms with E-state index in [9.17, 15) is 4.79 Å². The molecule has 1 aromatic heterocycles. The third kappa shape index (κ3) is 2.71. The minimum atomic E-state index is -0.401. The van der Waals surface area contributed by atoms with Gasteiger partial charge in [0.1, 0.15) is 5.52 Å². The number of hydrogen-bond donors (Lipinski definition) is 0. The van der Waals surface area contributed by atoms with Gasteiger partial charge >= 0.3 is 5.97 Å². The zero-order valence-corrected chi connectivity index (χ0v) is 12.3. The number of nitrogens with zero attached hydrogens (tertiary/aromatic N) is 1. The van der Waals surface area contributed by atoms with Gasteiger partial charge in [-0.1, -0.05) is 12.1 Å². The molecule has 0 aliphatic rings. The van der Waals surface area contributed by atoms with Crippen LogP contribution in [0.1, 0.15) is 15.9 Å². The minimum Gasteiger partial charge on any atom is -0.465 e. The first-order valence-corrected chi connectivity index (χ1v) is 6.78. The van der Waals surface area contributed by atoms with Crippen LogP contribution in [0, 0.1) is 0 Å². The number of carbonyl (C=O) groups is 1. The normalized spacial score (nSPS) is 10.8. The molecular weight excluding hydrogens is 282 g/mol. The van der Waals surface area contributed by atoms with Crippen LogP contribution in [0.15, 0.2) is 46.9 Å². The highest BCUT2D eigenvalue weighted by atomic mass is 16.5. The maximum absolute atomic E-state index is 11.6. The molecule has 3 rings (SSSR count). The number of benzene rings is 2. The number of ether oxygens (including phenoxy) is 2. The monoisotopic (exact) mass is 297 g/mol. The molecule has 112 valence electrons. The summed E-state index contributed by atoms with van der Waals surface area (Å²) < 4.78 is 15.6. The Morgan fingerprint density at radius 3 is 2.82 bits per heavy atom. The lowest BCUT2D eigenvalue weighted by Gasteiger charge is -2.01. The van der Waals surface area contributed by atoms with E-state index in [0.29, 0.717) is 29.2 Å². The van der Waals surface area contributed by atoms with Gasteiger partial charge in [-0.05, 0) is 35.9 Å². The van der Waals surface area contributed by atoms with E-state index in [0.717, 1.165) is 11.1 Å². The second-order valence-electron chi connectivity index (χ2n) is 4.83. The van der Waals surface area contributed by atoms with Crippen molar-refractivity contribution in [3.8, 4) is 11.5 Å². The van der Waals surface area contributed by atoms with Crippen LogP contribution in [0.2, 0.25) is 0 Å². The Kier molecular flexibility index (Phi) is 3.89. The molecule has 0 saturated heterocycles. The zero-order chi connectivity index (χ0) is 15.5. The first-order valence-electron chi connectivity index (χ1n) is 6.78. The van der Waals surface area contributed by atoms with Gasteiger partial charge < -0.3 is 13.9 Å². The second-order valence-corrected chi connectivity index (χ2v) is 4.83.